The number of benzene rings is 1. The van der Waals surface area contributed by atoms with Crippen LogP contribution in [0.3, 0.4) is 0 Å². The molecule has 0 bridgehead atoms. The minimum atomic E-state index is -0.373. The minimum absolute atomic E-state index is 0.161. The Morgan fingerprint density at radius 1 is 1.37 bits per heavy atom. The molecule has 4 heteroatoms. The van der Waals surface area contributed by atoms with E-state index in [1.54, 1.807) is 19.2 Å². The number of ether oxygens (including phenoxy) is 1. The van der Waals surface area contributed by atoms with E-state index in [4.69, 9.17) is 16.3 Å². The average Bonchev–Trinajstić information content (AvgIpc) is 2.40. The van der Waals surface area contributed by atoms with Gasteiger partial charge in [-0.2, -0.15) is 0 Å². The highest BCUT2D eigenvalue weighted by molar-refractivity contribution is 6.30. The van der Waals surface area contributed by atoms with Crippen molar-refractivity contribution < 1.29 is 9.13 Å². The molecule has 0 radical (unpaired) electrons. The lowest BCUT2D eigenvalue weighted by Gasteiger charge is -2.26. The number of hydrogen-bond donors (Lipinski definition) is 1. The lowest BCUT2D eigenvalue weighted by atomic mass is 9.98. The zero-order valence-electron chi connectivity index (χ0n) is 11.9. The minimum Gasteiger partial charge on any atom is -0.380 e. The van der Waals surface area contributed by atoms with E-state index in [-0.39, 0.29) is 23.0 Å². The summed E-state index contributed by atoms with van der Waals surface area (Å²) in [7, 11) is 1.74. The smallest absolute Gasteiger partial charge is 0.141 e. The lowest BCUT2D eigenvalue weighted by Crippen LogP contribution is -2.42. The van der Waals surface area contributed by atoms with Gasteiger partial charge < -0.3 is 10.1 Å². The van der Waals surface area contributed by atoms with Crippen LogP contribution in [0.2, 0.25) is 5.02 Å². The van der Waals surface area contributed by atoms with Crippen molar-refractivity contribution in [3.05, 3.63) is 34.6 Å². The van der Waals surface area contributed by atoms with Crippen molar-refractivity contribution in [1.82, 2.24) is 5.32 Å². The number of nitrogens with one attached hydrogen (secondary N) is 1. The second-order valence-corrected chi connectivity index (χ2v) is 5.09. The predicted molar refractivity (Wildman–Crippen MR) is 78.3 cm³/mol. The fourth-order valence-corrected chi connectivity index (χ4v) is 2.49. The molecule has 108 valence electrons. The van der Waals surface area contributed by atoms with Crippen molar-refractivity contribution >= 4 is 11.6 Å². The van der Waals surface area contributed by atoms with Gasteiger partial charge in [-0.25, -0.2) is 4.39 Å². The first kappa shape index (κ1) is 16.4. The summed E-state index contributed by atoms with van der Waals surface area (Å²) in [5, 5.41) is 3.62. The summed E-state index contributed by atoms with van der Waals surface area (Å²) in [4.78, 5) is 0. The quantitative estimate of drug-likeness (QED) is 0.785. The molecule has 0 saturated heterocycles. The topological polar surface area (TPSA) is 21.3 Å². The van der Waals surface area contributed by atoms with E-state index >= 15 is 0 Å². The molecule has 0 heterocycles. The third-order valence-electron chi connectivity index (χ3n) is 3.23. The van der Waals surface area contributed by atoms with Gasteiger partial charge in [0.25, 0.3) is 0 Å². The number of rotatable bonds is 8. The van der Waals surface area contributed by atoms with E-state index in [0.29, 0.717) is 0 Å². The SMILES string of the molecule is CCCC(OC)C(Cc1ccc(F)c(Cl)c1)NCC. The van der Waals surface area contributed by atoms with Crippen LogP contribution in [0.1, 0.15) is 32.3 Å². The van der Waals surface area contributed by atoms with Gasteiger partial charge in [0.2, 0.25) is 0 Å². The van der Waals surface area contributed by atoms with Crippen molar-refractivity contribution in [3.8, 4) is 0 Å². The van der Waals surface area contributed by atoms with Crippen LogP contribution in [-0.2, 0) is 11.2 Å². The Morgan fingerprint density at radius 2 is 2.11 bits per heavy atom. The molecule has 0 aromatic heterocycles. The molecule has 0 aliphatic heterocycles. The van der Waals surface area contributed by atoms with Gasteiger partial charge in [0.15, 0.2) is 0 Å². The Hall–Kier alpha value is -0.640. The van der Waals surface area contributed by atoms with Crippen molar-refractivity contribution in [1.29, 1.82) is 0 Å². The van der Waals surface area contributed by atoms with Crippen LogP contribution in [0, 0.1) is 5.82 Å². The maximum Gasteiger partial charge on any atom is 0.141 e. The van der Waals surface area contributed by atoms with Crippen LogP contribution in [0.15, 0.2) is 18.2 Å². The number of methoxy groups -OCH3 is 1. The monoisotopic (exact) mass is 287 g/mol. The summed E-state index contributed by atoms with van der Waals surface area (Å²) in [5.41, 5.74) is 1.02. The van der Waals surface area contributed by atoms with E-state index in [2.05, 4.69) is 19.2 Å². The van der Waals surface area contributed by atoms with Crippen LogP contribution in [0.4, 0.5) is 4.39 Å². The number of hydrogen-bond acceptors (Lipinski definition) is 2. The second kappa shape index (κ2) is 8.51. The molecule has 0 fully saturated rings. The molecule has 0 amide bonds. The summed E-state index contributed by atoms with van der Waals surface area (Å²) in [6.45, 7) is 5.09. The Bertz CT molecular complexity index is 386. The molecule has 1 rings (SSSR count). The van der Waals surface area contributed by atoms with Gasteiger partial charge in [-0.3, -0.25) is 0 Å². The summed E-state index contributed by atoms with van der Waals surface area (Å²) >= 11 is 5.82. The van der Waals surface area contributed by atoms with Gasteiger partial charge in [-0.15, -0.1) is 0 Å². The first-order chi connectivity index (χ1) is 9.12. The molecule has 0 aliphatic rings. The van der Waals surface area contributed by atoms with Crippen molar-refractivity contribution in [2.24, 2.45) is 0 Å². The van der Waals surface area contributed by atoms with Gasteiger partial charge in [0.1, 0.15) is 5.82 Å². The molecule has 1 aromatic carbocycles. The summed E-state index contributed by atoms with van der Waals surface area (Å²) in [5.74, 6) is -0.373. The van der Waals surface area contributed by atoms with Gasteiger partial charge in [0, 0.05) is 13.2 Å². The van der Waals surface area contributed by atoms with Gasteiger partial charge in [-0.1, -0.05) is 37.9 Å². The molecule has 19 heavy (non-hydrogen) atoms. The molecule has 2 nitrogen and oxygen atoms in total. The Balaban J connectivity index is 2.78. The van der Waals surface area contributed by atoms with E-state index in [9.17, 15) is 4.39 Å². The maximum atomic E-state index is 13.2. The fourth-order valence-electron chi connectivity index (χ4n) is 2.29. The largest absolute Gasteiger partial charge is 0.380 e. The highest BCUT2D eigenvalue weighted by Gasteiger charge is 2.20. The summed E-state index contributed by atoms with van der Waals surface area (Å²) < 4.78 is 18.7. The maximum absolute atomic E-state index is 13.2. The summed E-state index contributed by atoms with van der Waals surface area (Å²) in [6, 6.07) is 5.11. The van der Waals surface area contributed by atoms with Gasteiger partial charge >= 0.3 is 0 Å². The van der Waals surface area contributed by atoms with E-state index in [1.165, 1.54) is 6.07 Å². The molecule has 2 atom stereocenters. The molecular formula is C15H23ClFNO. The predicted octanol–water partition coefficient (Wildman–Crippen LogP) is 3.81. The molecule has 1 aromatic rings. The third-order valence-corrected chi connectivity index (χ3v) is 3.52. The van der Waals surface area contributed by atoms with E-state index < -0.39 is 0 Å². The van der Waals surface area contributed by atoms with Crippen LogP contribution < -0.4 is 5.32 Å². The molecular weight excluding hydrogens is 265 g/mol. The Kier molecular flexibility index (Phi) is 7.36. The van der Waals surface area contributed by atoms with E-state index in [0.717, 1.165) is 31.4 Å². The second-order valence-electron chi connectivity index (χ2n) is 4.68. The van der Waals surface area contributed by atoms with Gasteiger partial charge in [0.05, 0.1) is 11.1 Å². The number of likely N-dealkylation sites (N-methyl/N-ethyl adjacent to an activating group) is 1. The van der Waals surface area contributed by atoms with Crippen LogP contribution in [0.25, 0.3) is 0 Å². The van der Waals surface area contributed by atoms with Gasteiger partial charge in [-0.05, 0) is 37.1 Å². The van der Waals surface area contributed by atoms with Crippen molar-refractivity contribution in [2.45, 2.75) is 45.3 Å². The number of halogens is 2. The molecule has 0 saturated carbocycles. The Morgan fingerprint density at radius 3 is 2.63 bits per heavy atom. The molecule has 2 unspecified atom stereocenters. The normalized spacial score (nSPS) is 14.4. The first-order valence-corrected chi connectivity index (χ1v) is 7.20. The zero-order valence-corrected chi connectivity index (χ0v) is 12.6. The van der Waals surface area contributed by atoms with Crippen LogP contribution in [-0.4, -0.2) is 25.8 Å². The molecule has 0 spiro atoms. The van der Waals surface area contributed by atoms with Crippen LogP contribution >= 0.6 is 11.6 Å². The molecule has 1 N–H and O–H groups in total. The zero-order chi connectivity index (χ0) is 14.3. The third kappa shape index (κ3) is 5.09. The highest BCUT2D eigenvalue weighted by Crippen LogP contribution is 2.19. The van der Waals surface area contributed by atoms with Crippen molar-refractivity contribution in [2.75, 3.05) is 13.7 Å². The van der Waals surface area contributed by atoms with Crippen LogP contribution in [0.5, 0.6) is 0 Å². The fraction of sp³-hybridized carbons (Fsp3) is 0.600. The highest BCUT2D eigenvalue weighted by atomic mass is 35.5. The summed E-state index contributed by atoms with van der Waals surface area (Å²) in [6.07, 6.45) is 3.02. The van der Waals surface area contributed by atoms with E-state index in [1.807, 2.05) is 0 Å². The average molecular weight is 288 g/mol. The first-order valence-electron chi connectivity index (χ1n) is 6.82. The Labute approximate surface area is 120 Å². The molecule has 0 aliphatic carbocycles. The standard InChI is InChI=1S/C15H23ClFNO/c1-4-6-15(19-3)14(18-5-2)10-11-7-8-13(17)12(16)9-11/h7-9,14-15,18H,4-6,10H2,1-3H3. The van der Waals surface area contributed by atoms with Crippen molar-refractivity contribution in [3.63, 3.8) is 0 Å². The lowest BCUT2D eigenvalue weighted by molar-refractivity contribution is 0.0614.